The van der Waals surface area contributed by atoms with Crippen molar-refractivity contribution in [3.8, 4) is 11.5 Å². The van der Waals surface area contributed by atoms with E-state index in [1.807, 2.05) is 24.3 Å². The van der Waals surface area contributed by atoms with Gasteiger partial charge < -0.3 is 9.47 Å². The van der Waals surface area contributed by atoms with E-state index in [0.29, 0.717) is 22.4 Å². The maximum absolute atomic E-state index is 12.0. The second-order valence-corrected chi connectivity index (χ2v) is 6.33. The van der Waals surface area contributed by atoms with Crippen molar-refractivity contribution < 1.29 is 14.3 Å². The van der Waals surface area contributed by atoms with Gasteiger partial charge in [0, 0.05) is 5.02 Å². The lowest BCUT2D eigenvalue weighted by Gasteiger charge is -2.14. The minimum absolute atomic E-state index is 0.339. The predicted molar refractivity (Wildman–Crippen MR) is 105 cm³/mol. The SMILES string of the molecule is CCCOc1ccc(/C=N/NC(=O)C(C)Oc2ccc(Cl)cc2Cl)cc1. The van der Waals surface area contributed by atoms with Crippen LogP contribution in [0, 0.1) is 0 Å². The Kier molecular flexibility index (Phi) is 7.75. The molecule has 0 fully saturated rings. The molecule has 7 heteroatoms. The van der Waals surface area contributed by atoms with Gasteiger partial charge in [-0.2, -0.15) is 5.10 Å². The third-order valence-corrected chi connectivity index (χ3v) is 3.84. The number of hydrogen-bond donors (Lipinski definition) is 1. The number of hydrazone groups is 1. The maximum atomic E-state index is 12.0. The van der Waals surface area contributed by atoms with Crippen LogP contribution in [0.2, 0.25) is 10.0 Å². The van der Waals surface area contributed by atoms with Crippen LogP contribution in [0.5, 0.6) is 11.5 Å². The molecule has 138 valence electrons. The topological polar surface area (TPSA) is 59.9 Å². The van der Waals surface area contributed by atoms with Gasteiger partial charge in [-0.25, -0.2) is 5.43 Å². The summed E-state index contributed by atoms with van der Waals surface area (Å²) in [5.41, 5.74) is 3.27. The summed E-state index contributed by atoms with van der Waals surface area (Å²) in [6.07, 6.45) is 1.73. The number of halogens is 2. The van der Waals surface area contributed by atoms with E-state index >= 15 is 0 Å². The van der Waals surface area contributed by atoms with Gasteiger partial charge in [-0.3, -0.25) is 4.79 Å². The number of amides is 1. The summed E-state index contributed by atoms with van der Waals surface area (Å²) in [6, 6.07) is 12.2. The summed E-state index contributed by atoms with van der Waals surface area (Å²) in [5.74, 6) is 0.787. The number of nitrogens with zero attached hydrogens (tertiary/aromatic N) is 1. The molecule has 1 N–H and O–H groups in total. The molecule has 5 nitrogen and oxygen atoms in total. The van der Waals surface area contributed by atoms with Crippen molar-refractivity contribution in [1.29, 1.82) is 0 Å². The number of carbonyl (C=O) groups is 1. The van der Waals surface area contributed by atoms with Crippen molar-refractivity contribution in [2.75, 3.05) is 6.61 Å². The first-order chi connectivity index (χ1) is 12.5. The molecule has 1 amide bonds. The summed E-state index contributed by atoms with van der Waals surface area (Å²) in [7, 11) is 0. The summed E-state index contributed by atoms with van der Waals surface area (Å²) in [5, 5.41) is 4.77. The molecule has 0 radical (unpaired) electrons. The molecule has 1 unspecified atom stereocenters. The molecule has 1 atom stereocenters. The number of benzene rings is 2. The van der Waals surface area contributed by atoms with E-state index in [9.17, 15) is 4.79 Å². The molecule has 26 heavy (non-hydrogen) atoms. The summed E-state index contributed by atoms with van der Waals surface area (Å²) in [6.45, 7) is 4.34. The third kappa shape index (κ3) is 6.24. The number of ether oxygens (including phenoxy) is 2. The monoisotopic (exact) mass is 394 g/mol. The van der Waals surface area contributed by atoms with E-state index in [-0.39, 0.29) is 0 Å². The van der Waals surface area contributed by atoms with Crippen LogP contribution in [0.25, 0.3) is 0 Å². The molecule has 0 saturated heterocycles. The molecular formula is C19H20Cl2N2O3. The smallest absolute Gasteiger partial charge is 0.280 e. The van der Waals surface area contributed by atoms with Crippen LogP contribution < -0.4 is 14.9 Å². The fourth-order valence-corrected chi connectivity index (χ4v) is 2.40. The standard InChI is InChI=1S/C19H20Cl2N2O3/c1-3-10-25-16-7-4-14(5-8-16)12-22-23-19(24)13(2)26-18-9-6-15(20)11-17(18)21/h4-9,11-13H,3,10H2,1-2H3,(H,23,24)/b22-12+. The quantitative estimate of drug-likeness (QED) is 0.521. The molecule has 2 aromatic carbocycles. The fraction of sp³-hybridized carbons (Fsp3) is 0.263. The normalized spacial score (nSPS) is 12.0. The molecule has 0 saturated carbocycles. The number of nitrogens with one attached hydrogen (secondary N) is 1. The third-order valence-electron chi connectivity index (χ3n) is 3.31. The molecule has 0 spiro atoms. The fourth-order valence-electron chi connectivity index (χ4n) is 1.95. The highest BCUT2D eigenvalue weighted by atomic mass is 35.5. The minimum Gasteiger partial charge on any atom is -0.494 e. The Bertz CT molecular complexity index is 764. The second kappa shape index (κ2) is 10.0. The van der Waals surface area contributed by atoms with Gasteiger partial charge in [0.15, 0.2) is 6.10 Å². The predicted octanol–water partition coefficient (Wildman–Crippen LogP) is 4.70. The Morgan fingerprint density at radius 1 is 1.23 bits per heavy atom. The lowest BCUT2D eigenvalue weighted by atomic mass is 10.2. The van der Waals surface area contributed by atoms with Gasteiger partial charge in [-0.15, -0.1) is 0 Å². The van der Waals surface area contributed by atoms with Crippen LogP contribution in [0.1, 0.15) is 25.8 Å². The van der Waals surface area contributed by atoms with Crippen LogP contribution in [-0.2, 0) is 4.79 Å². The van der Waals surface area contributed by atoms with Crippen molar-refractivity contribution in [1.82, 2.24) is 5.43 Å². The molecule has 0 aliphatic heterocycles. The lowest BCUT2D eigenvalue weighted by Crippen LogP contribution is -2.33. The molecule has 0 aliphatic carbocycles. The molecule has 2 rings (SSSR count). The van der Waals surface area contributed by atoms with Crippen LogP contribution in [0.15, 0.2) is 47.6 Å². The largest absolute Gasteiger partial charge is 0.494 e. The van der Waals surface area contributed by atoms with E-state index in [2.05, 4.69) is 17.5 Å². The van der Waals surface area contributed by atoms with E-state index in [1.165, 1.54) is 0 Å². The molecule has 0 heterocycles. The first-order valence-electron chi connectivity index (χ1n) is 8.17. The first-order valence-corrected chi connectivity index (χ1v) is 8.92. The van der Waals surface area contributed by atoms with Crippen molar-refractivity contribution in [3.05, 3.63) is 58.1 Å². The molecular weight excluding hydrogens is 375 g/mol. The maximum Gasteiger partial charge on any atom is 0.280 e. The van der Waals surface area contributed by atoms with E-state index in [4.69, 9.17) is 32.7 Å². The number of hydrogen-bond acceptors (Lipinski definition) is 4. The molecule has 0 bridgehead atoms. The highest BCUT2D eigenvalue weighted by Gasteiger charge is 2.15. The van der Waals surface area contributed by atoms with Gasteiger partial charge in [0.05, 0.1) is 17.8 Å². The van der Waals surface area contributed by atoms with Crippen molar-refractivity contribution in [3.63, 3.8) is 0 Å². The van der Waals surface area contributed by atoms with E-state index < -0.39 is 12.0 Å². The first kappa shape index (κ1) is 20.1. The Morgan fingerprint density at radius 2 is 1.96 bits per heavy atom. The Hall–Kier alpha value is -2.24. The zero-order valence-corrected chi connectivity index (χ0v) is 16.1. The van der Waals surface area contributed by atoms with Gasteiger partial charge in [-0.1, -0.05) is 30.1 Å². The van der Waals surface area contributed by atoms with Gasteiger partial charge in [0.25, 0.3) is 5.91 Å². The van der Waals surface area contributed by atoms with Gasteiger partial charge in [0.1, 0.15) is 11.5 Å². The Morgan fingerprint density at radius 3 is 2.62 bits per heavy atom. The Balaban J connectivity index is 1.85. The van der Waals surface area contributed by atoms with E-state index in [0.717, 1.165) is 17.7 Å². The zero-order valence-electron chi connectivity index (χ0n) is 14.5. The number of rotatable bonds is 8. The van der Waals surface area contributed by atoms with Crippen molar-refractivity contribution >= 4 is 35.3 Å². The summed E-state index contributed by atoms with van der Waals surface area (Å²) < 4.78 is 11.0. The van der Waals surface area contributed by atoms with Gasteiger partial charge in [0.2, 0.25) is 0 Å². The molecule has 0 aliphatic rings. The summed E-state index contributed by atoms with van der Waals surface area (Å²) in [4.78, 5) is 12.0. The van der Waals surface area contributed by atoms with Crippen LogP contribution in [-0.4, -0.2) is 24.8 Å². The van der Waals surface area contributed by atoms with Gasteiger partial charge in [-0.05, 0) is 61.4 Å². The van der Waals surface area contributed by atoms with Crippen LogP contribution in [0.4, 0.5) is 0 Å². The van der Waals surface area contributed by atoms with Crippen LogP contribution in [0.3, 0.4) is 0 Å². The molecule has 2 aromatic rings. The molecule has 0 aromatic heterocycles. The zero-order chi connectivity index (χ0) is 18.9. The minimum atomic E-state index is -0.768. The summed E-state index contributed by atoms with van der Waals surface area (Å²) >= 11 is 11.9. The Labute approximate surface area is 162 Å². The van der Waals surface area contributed by atoms with Crippen molar-refractivity contribution in [2.45, 2.75) is 26.4 Å². The average molecular weight is 395 g/mol. The highest BCUT2D eigenvalue weighted by molar-refractivity contribution is 6.35. The lowest BCUT2D eigenvalue weighted by molar-refractivity contribution is -0.127. The van der Waals surface area contributed by atoms with Crippen molar-refractivity contribution in [2.24, 2.45) is 5.10 Å². The van der Waals surface area contributed by atoms with Gasteiger partial charge >= 0.3 is 0 Å². The highest BCUT2D eigenvalue weighted by Crippen LogP contribution is 2.28. The van der Waals surface area contributed by atoms with Crippen LogP contribution >= 0.6 is 23.2 Å². The average Bonchev–Trinajstić information content (AvgIpc) is 2.63. The number of carbonyl (C=O) groups excluding carboxylic acids is 1. The van der Waals surface area contributed by atoms with E-state index in [1.54, 1.807) is 31.3 Å². The second-order valence-electron chi connectivity index (χ2n) is 5.49.